The Bertz CT molecular complexity index is 427. The fraction of sp³-hybridized carbons (Fsp3) is 0.700. The van der Waals surface area contributed by atoms with Gasteiger partial charge in [0.2, 0.25) is 10.0 Å². The first-order valence-electron chi connectivity index (χ1n) is 5.60. The van der Waals surface area contributed by atoms with Crippen LogP contribution in [-0.4, -0.2) is 41.5 Å². The lowest BCUT2D eigenvalue weighted by Crippen LogP contribution is -2.40. The quantitative estimate of drug-likeness (QED) is 0.859. The minimum Gasteiger partial charge on any atom is -0.348 e. The van der Waals surface area contributed by atoms with Crippen LogP contribution < -0.4 is 0 Å². The molecule has 1 unspecified atom stereocenters. The smallest absolute Gasteiger partial charge is 0.213 e. The molecule has 0 saturated carbocycles. The van der Waals surface area contributed by atoms with Crippen LogP contribution in [0.1, 0.15) is 31.5 Å². The summed E-state index contributed by atoms with van der Waals surface area (Å²) in [5.41, 5.74) is 0. The molecule has 2 heterocycles. The highest BCUT2D eigenvalue weighted by Gasteiger charge is 2.29. The van der Waals surface area contributed by atoms with Crippen molar-refractivity contribution < 1.29 is 8.42 Å². The van der Waals surface area contributed by atoms with E-state index in [0.717, 1.165) is 18.7 Å². The topological polar surface area (TPSA) is 66.1 Å². The molecule has 0 aliphatic carbocycles. The summed E-state index contributed by atoms with van der Waals surface area (Å²) in [7, 11) is -3.05. The number of imidazole rings is 1. The van der Waals surface area contributed by atoms with Gasteiger partial charge >= 0.3 is 0 Å². The third-order valence-corrected chi connectivity index (χ3v) is 4.90. The Morgan fingerprint density at radius 3 is 3.06 bits per heavy atom. The minimum atomic E-state index is -3.05. The lowest BCUT2D eigenvalue weighted by molar-refractivity contribution is 0.310. The first-order valence-corrected chi connectivity index (χ1v) is 7.21. The van der Waals surface area contributed by atoms with Crippen molar-refractivity contribution in [3.8, 4) is 0 Å². The summed E-state index contributed by atoms with van der Waals surface area (Å²) < 4.78 is 25.1. The molecule has 90 valence electrons. The van der Waals surface area contributed by atoms with E-state index < -0.39 is 10.0 Å². The average molecular weight is 243 g/mol. The van der Waals surface area contributed by atoms with Crippen LogP contribution in [0.25, 0.3) is 0 Å². The summed E-state index contributed by atoms with van der Waals surface area (Å²) in [5, 5.41) is 0. The van der Waals surface area contributed by atoms with E-state index in [1.165, 1.54) is 0 Å². The van der Waals surface area contributed by atoms with Gasteiger partial charge in [-0.1, -0.05) is 0 Å². The molecule has 0 aromatic carbocycles. The van der Waals surface area contributed by atoms with Gasteiger partial charge < -0.3 is 4.98 Å². The van der Waals surface area contributed by atoms with E-state index in [9.17, 15) is 8.42 Å². The molecule has 1 aliphatic heterocycles. The van der Waals surface area contributed by atoms with Crippen molar-refractivity contribution in [3.05, 3.63) is 18.2 Å². The van der Waals surface area contributed by atoms with Crippen molar-refractivity contribution in [3.63, 3.8) is 0 Å². The summed E-state index contributed by atoms with van der Waals surface area (Å²) in [6.45, 7) is 2.89. The maximum absolute atomic E-state index is 11.8. The summed E-state index contributed by atoms with van der Waals surface area (Å²) in [6.07, 6.45) is 5.40. The highest BCUT2D eigenvalue weighted by atomic mass is 32.2. The fourth-order valence-electron chi connectivity index (χ4n) is 2.10. The van der Waals surface area contributed by atoms with Crippen molar-refractivity contribution in [2.75, 3.05) is 18.8 Å². The van der Waals surface area contributed by atoms with Crippen molar-refractivity contribution in [2.45, 2.75) is 25.7 Å². The van der Waals surface area contributed by atoms with Crippen LogP contribution in [0, 0.1) is 0 Å². The number of hydrogen-bond donors (Lipinski definition) is 1. The number of aromatic amines is 1. The molecule has 0 spiro atoms. The predicted octanol–water partition coefficient (Wildman–Crippen LogP) is 0.939. The van der Waals surface area contributed by atoms with E-state index in [4.69, 9.17) is 0 Å². The molecule has 1 N–H and O–H groups in total. The number of nitrogens with zero attached hydrogens (tertiary/aromatic N) is 2. The molecule has 1 aliphatic rings. The second kappa shape index (κ2) is 4.55. The maximum atomic E-state index is 11.8. The molecular weight excluding hydrogens is 226 g/mol. The molecule has 1 aromatic heterocycles. The van der Waals surface area contributed by atoms with E-state index in [-0.39, 0.29) is 11.7 Å². The highest BCUT2D eigenvalue weighted by Crippen LogP contribution is 2.25. The Morgan fingerprint density at radius 2 is 2.44 bits per heavy atom. The number of hydrogen-bond acceptors (Lipinski definition) is 3. The van der Waals surface area contributed by atoms with Gasteiger partial charge in [-0.15, -0.1) is 0 Å². The molecule has 5 nitrogen and oxygen atoms in total. The van der Waals surface area contributed by atoms with Gasteiger partial charge in [0.05, 0.1) is 5.75 Å². The van der Waals surface area contributed by atoms with Crippen LogP contribution in [0.4, 0.5) is 0 Å². The predicted molar refractivity (Wildman–Crippen MR) is 61.6 cm³/mol. The Labute approximate surface area is 95.9 Å². The molecule has 1 fully saturated rings. The fourth-order valence-corrected chi connectivity index (χ4v) is 3.28. The third kappa shape index (κ3) is 2.27. The van der Waals surface area contributed by atoms with Gasteiger partial charge in [0, 0.05) is 31.4 Å². The van der Waals surface area contributed by atoms with Gasteiger partial charge in [-0.3, -0.25) is 0 Å². The molecule has 0 radical (unpaired) electrons. The van der Waals surface area contributed by atoms with Gasteiger partial charge in [-0.2, -0.15) is 0 Å². The standard InChI is InChI=1S/C10H17N3O2S/c1-2-16(14,15)13-7-3-4-9(8-13)10-11-5-6-12-10/h5-6,9H,2-4,7-8H2,1H3,(H,11,12). The zero-order chi connectivity index (χ0) is 11.6. The molecule has 2 rings (SSSR count). The first-order chi connectivity index (χ1) is 7.63. The Balaban J connectivity index is 2.11. The van der Waals surface area contributed by atoms with Crippen LogP contribution in [-0.2, 0) is 10.0 Å². The SMILES string of the molecule is CCS(=O)(=O)N1CCCC(c2ncc[nH]2)C1. The number of nitrogens with one attached hydrogen (secondary N) is 1. The van der Waals surface area contributed by atoms with Gasteiger partial charge in [-0.25, -0.2) is 17.7 Å². The Kier molecular flexibility index (Phi) is 3.30. The first kappa shape index (κ1) is 11.6. The molecule has 6 heteroatoms. The molecule has 16 heavy (non-hydrogen) atoms. The number of piperidine rings is 1. The van der Waals surface area contributed by atoms with Crippen LogP contribution >= 0.6 is 0 Å². The normalized spacial score (nSPS) is 23.4. The Hall–Kier alpha value is -0.880. The zero-order valence-electron chi connectivity index (χ0n) is 9.39. The second-order valence-electron chi connectivity index (χ2n) is 4.07. The van der Waals surface area contributed by atoms with Crippen molar-refractivity contribution in [1.29, 1.82) is 0 Å². The van der Waals surface area contributed by atoms with Crippen LogP contribution in [0.2, 0.25) is 0 Å². The number of rotatable bonds is 3. The van der Waals surface area contributed by atoms with E-state index >= 15 is 0 Å². The number of sulfonamides is 1. The van der Waals surface area contributed by atoms with E-state index in [0.29, 0.717) is 13.1 Å². The van der Waals surface area contributed by atoms with Gasteiger partial charge in [0.25, 0.3) is 0 Å². The van der Waals surface area contributed by atoms with Gasteiger partial charge in [-0.05, 0) is 19.8 Å². The number of H-pyrrole nitrogens is 1. The molecule has 1 atom stereocenters. The van der Waals surface area contributed by atoms with Crippen LogP contribution in [0.5, 0.6) is 0 Å². The summed E-state index contributed by atoms with van der Waals surface area (Å²) in [6, 6.07) is 0. The van der Waals surface area contributed by atoms with E-state index in [1.807, 2.05) is 0 Å². The summed E-state index contributed by atoms with van der Waals surface area (Å²) >= 11 is 0. The lowest BCUT2D eigenvalue weighted by Gasteiger charge is -2.30. The highest BCUT2D eigenvalue weighted by molar-refractivity contribution is 7.89. The van der Waals surface area contributed by atoms with Crippen molar-refractivity contribution in [2.24, 2.45) is 0 Å². The van der Waals surface area contributed by atoms with E-state index in [1.54, 1.807) is 23.6 Å². The molecule has 0 amide bonds. The summed E-state index contributed by atoms with van der Waals surface area (Å²) in [4.78, 5) is 7.27. The zero-order valence-corrected chi connectivity index (χ0v) is 10.2. The Morgan fingerprint density at radius 1 is 1.62 bits per heavy atom. The lowest BCUT2D eigenvalue weighted by atomic mass is 9.99. The maximum Gasteiger partial charge on any atom is 0.213 e. The minimum absolute atomic E-state index is 0.178. The molecule has 0 bridgehead atoms. The van der Waals surface area contributed by atoms with Crippen molar-refractivity contribution >= 4 is 10.0 Å². The second-order valence-corrected chi connectivity index (χ2v) is 6.33. The molecular formula is C10H17N3O2S. The van der Waals surface area contributed by atoms with Gasteiger partial charge in [0.1, 0.15) is 5.82 Å². The average Bonchev–Trinajstić information content (AvgIpc) is 2.83. The molecule has 1 aromatic rings. The largest absolute Gasteiger partial charge is 0.348 e. The number of aromatic nitrogens is 2. The van der Waals surface area contributed by atoms with Crippen LogP contribution in [0.3, 0.4) is 0 Å². The monoisotopic (exact) mass is 243 g/mol. The van der Waals surface area contributed by atoms with Crippen molar-refractivity contribution in [1.82, 2.24) is 14.3 Å². The van der Waals surface area contributed by atoms with Gasteiger partial charge in [0.15, 0.2) is 0 Å². The van der Waals surface area contributed by atoms with E-state index in [2.05, 4.69) is 9.97 Å². The summed E-state index contributed by atoms with van der Waals surface area (Å²) in [5.74, 6) is 1.29. The molecule has 1 saturated heterocycles. The van der Waals surface area contributed by atoms with Crippen LogP contribution in [0.15, 0.2) is 12.4 Å². The third-order valence-electron chi connectivity index (χ3n) is 3.05.